The number of hydrogen-bond donors (Lipinski definition) is 2. The van der Waals surface area contributed by atoms with Gasteiger partial charge in [0.25, 0.3) is 0 Å². The molecule has 2 N–H and O–H groups in total. The van der Waals surface area contributed by atoms with E-state index >= 15 is 0 Å². The number of aliphatic carboxylic acids is 1. The molecule has 0 saturated carbocycles. The van der Waals surface area contributed by atoms with Gasteiger partial charge in [0.05, 0.1) is 10.9 Å². The first-order valence-electron chi connectivity index (χ1n) is 9.96. The number of carbonyl (C=O) groups is 1. The van der Waals surface area contributed by atoms with E-state index in [1.807, 2.05) is 54.6 Å². The molecule has 3 aromatic rings. The highest BCUT2D eigenvalue weighted by molar-refractivity contribution is 7.89. The summed E-state index contributed by atoms with van der Waals surface area (Å²) >= 11 is 5.89. The molecule has 0 aliphatic carbocycles. The summed E-state index contributed by atoms with van der Waals surface area (Å²) in [6.07, 6.45) is 1.84. The zero-order chi connectivity index (χ0) is 22.3. The Morgan fingerprint density at radius 1 is 0.903 bits per heavy atom. The molecule has 0 spiro atoms. The number of benzene rings is 3. The van der Waals surface area contributed by atoms with Gasteiger partial charge in [-0.3, -0.25) is 4.79 Å². The normalized spacial score (nSPS) is 12.4. The molecule has 0 aliphatic heterocycles. The van der Waals surface area contributed by atoms with Crippen LogP contribution < -0.4 is 4.72 Å². The lowest BCUT2D eigenvalue weighted by molar-refractivity contribution is -0.137. The Morgan fingerprint density at radius 3 is 2.16 bits per heavy atom. The van der Waals surface area contributed by atoms with Gasteiger partial charge in [-0.1, -0.05) is 66.2 Å². The third kappa shape index (κ3) is 6.92. The fourth-order valence-corrected chi connectivity index (χ4v) is 4.66. The summed E-state index contributed by atoms with van der Waals surface area (Å²) < 4.78 is 28.8. The van der Waals surface area contributed by atoms with Crippen molar-refractivity contribution in [3.05, 3.63) is 101 Å². The fourth-order valence-electron chi connectivity index (χ4n) is 3.31. The molecule has 31 heavy (non-hydrogen) atoms. The van der Waals surface area contributed by atoms with Crippen LogP contribution in [-0.4, -0.2) is 19.5 Å². The van der Waals surface area contributed by atoms with Crippen LogP contribution in [0.1, 0.15) is 35.6 Å². The molecule has 3 aromatic carbocycles. The van der Waals surface area contributed by atoms with E-state index in [1.54, 1.807) is 12.1 Å². The first-order valence-corrected chi connectivity index (χ1v) is 11.8. The van der Waals surface area contributed by atoms with Crippen LogP contribution >= 0.6 is 11.6 Å². The van der Waals surface area contributed by atoms with Gasteiger partial charge in [0, 0.05) is 11.4 Å². The number of carboxylic acid groups (broad SMARTS) is 1. The zero-order valence-electron chi connectivity index (χ0n) is 16.9. The Morgan fingerprint density at radius 2 is 1.55 bits per heavy atom. The number of rotatable bonds is 10. The van der Waals surface area contributed by atoms with Crippen molar-refractivity contribution in [1.82, 2.24) is 4.72 Å². The molecule has 0 radical (unpaired) electrons. The second-order valence-electron chi connectivity index (χ2n) is 7.31. The Kier molecular flexibility index (Phi) is 7.85. The number of sulfonamides is 1. The van der Waals surface area contributed by atoms with E-state index in [1.165, 1.54) is 12.1 Å². The maximum absolute atomic E-state index is 13.0. The van der Waals surface area contributed by atoms with Gasteiger partial charge in [-0.25, -0.2) is 13.1 Å². The topological polar surface area (TPSA) is 83.5 Å². The van der Waals surface area contributed by atoms with E-state index < -0.39 is 22.0 Å². The minimum Gasteiger partial charge on any atom is -0.481 e. The summed E-state index contributed by atoms with van der Waals surface area (Å²) in [5.74, 6) is -0.809. The van der Waals surface area contributed by atoms with Crippen molar-refractivity contribution in [2.45, 2.75) is 36.6 Å². The van der Waals surface area contributed by atoms with Gasteiger partial charge in [-0.2, -0.15) is 0 Å². The molecular weight excluding hydrogens is 434 g/mol. The van der Waals surface area contributed by atoms with Gasteiger partial charge in [0.15, 0.2) is 0 Å². The number of aryl methyl sites for hydroxylation is 1. The van der Waals surface area contributed by atoms with Gasteiger partial charge in [-0.05, 0) is 60.2 Å². The zero-order valence-corrected chi connectivity index (χ0v) is 18.4. The van der Waals surface area contributed by atoms with Crippen LogP contribution in [0.4, 0.5) is 0 Å². The molecule has 3 rings (SSSR count). The van der Waals surface area contributed by atoms with Crippen LogP contribution in [0.5, 0.6) is 0 Å². The molecule has 0 saturated heterocycles. The van der Waals surface area contributed by atoms with Crippen molar-refractivity contribution < 1.29 is 18.3 Å². The summed E-state index contributed by atoms with van der Waals surface area (Å²) in [4.78, 5) is 10.9. The molecular formula is C24H24ClNO4S. The minimum atomic E-state index is -3.75. The number of carboxylic acids is 1. The second kappa shape index (κ2) is 10.6. The quantitative estimate of drug-likeness (QED) is 0.448. The van der Waals surface area contributed by atoms with Crippen molar-refractivity contribution in [1.29, 1.82) is 0 Å². The summed E-state index contributed by atoms with van der Waals surface area (Å²) in [5.41, 5.74) is 2.87. The maximum atomic E-state index is 13.0. The standard InChI is InChI=1S/C24H24ClNO4S/c25-21-13-15-22(16-14-21)31(29,30)26-23(17-19-5-2-1-3-6-19)20-11-9-18(10-12-20)7-4-8-24(27)28/h1-3,5-6,9-16,23,26H,4,7-8,17H2,(H,27,28)/t23-/m1/s1. The SMILES string of the molecule is O=C(O)CCCc1ccc([C@@H](Cc2ccccc2)NS(=O)(=O)c2ccc(Cl)cc2)cc1. The molecule has 0 amide bonds. The van der Waals surface area contributed by atoms with Crippen LogP contribution in [0.3, 0.4) is 0 Å². The first kappa shape index (κ1) is 23.0. The van der Waals surface area contributed by atoms with Crippen molar-refractivity contribution >= 4 is 27.6 Å². The van der Waals surface area contributed by atoms with E-state index in [0.717, 1.165) is 16.7 Å². The third-order valence-corrected chi connectivity index (χ3v) is 6.68. The smallest absolute Gasteiger partial charge is 0.303 e. The largest absolute Gasteiger partial charge is 0.481 e. The minimum absolute atomic E-state index is 0.124. The number of hydrogen-bond acceptors (Lipinski definition) is 3. The van der Waals surface area contributed by atoms with Crippen LogP contribution in [0, 0.1) is 0 Å². The highest BCUT2D eigenvalue weighted by Crippen LogP contribution is 2.23. The second-order valence-corrected chi connectivity index (χ2v) is 9.46. The maximum Gasteiger partial charge on any atom is 0.303 e. The van der Waals surface area contributed by atoms with Crippen LogP contribution in [0.15, 0.2) is 83.8 Å². The first-order chi connectivity index (χ1) is 14.8. The molecule has 0 fully saturated rings. The van der Waals surface area contributed by atoms with Gasteiger partial charge in [0.1, 0.15) is 0 Å². The van der Waals surface area contributed by atoms with Crippen LogP contribution in [0.2, 0.25) is 5.02 Å². The number of halogens is 1. The monoisotopic (exact) mass is 457 g/mol. The van der Waals surface area contributed by atoms with Crippen molar-refractivity contribution in [3.63, 3.8) is 0 Å². The predicted octanol–water partition coefficient (Wildman–Crippen LogP) is 5.01. The van der Waals surface area contributed by atoms with E-state index in [9.17, 15) is 13.2 Å². The van der Waals surface area contributed by atoms with Crippen molar-refractivity contribution in [2.75, 3.05) is 0 Å². The van der Waals surface area contributed by atoms with Crippen molar-refractivity contribution in [3.8, 4) is 0 Å². The molecule has 0 heterocycles. The van der Waals surface area contributed by atoms with Gasteiger partial charge in [-0.15, -0.1) is 0 Å². The lowest BCUT2D eigenvalue weighted by Gasteiger charge is -2.20. The molecule has 7 heteroatoms. The highest BCUT2D eigenvalue weighted by atomic mass is 35.5. The highest BCUT2D eigenvalue weighted by Gasteiger charge is 2.22. The molecule has 162 valence electrons. The van der Waals surface area contributed by atoms with Gasteiger partial charge < -0.3 is 5.11 Å². The fraction of sp³-hybridized carbons (Fsp3) is 0.208. The van der Waals surface area contributed by atoms with Crippen LogP contribution in [-0.2, 0) is 27.7 Å². The Labute approximate surface area is 187 Å². The Bertz CT molecular complexity index is 1100. The van der Waals surface area contributed by atoms with Crippen molar-refractivity contribution in [2.24, 2.45) is 0 Å². The van der Waals surface area contributed by atoms with E-state index in [0.29, 0.717) is 24.3 Å². The molecule has 5 nitrogen and oxygen atoms in total. The van der Waals surface area contributed by atoms with E-state index in [2.05, 4.69) is 4.72 Å². The van der Waals surface area contributed by atoms with Crippen LogP contribution in [0.25, 0.3) is 0 Å². The van der Waals surface area contributed by atoms with E-state index in [-0.39, 0.29) is 11.3 Å². The van der Waals surface area contributed by atoms with Gasteiger partial charge in [0.2, 0.25) is 10.0 Å². The summed E-state index contributed by atoms with van der Waals surface area (Å²) in [7, 11) is -3.75. The van der Waals surface area contributed by atoms with E-state index in [4.69, 9.17) is 16.7 Å². The molecule has 1 atom stereocenters. The van der Waals surface area contributed by atoms with Gasteiger partial charge >= 0.3 is 5.97 Å². The summed E-state index contributed by atoms with van der Waals surface area (Å²) in [6, 6.07) is 22.9. The molecule has 0 unspecified atom stereocenters. The molecule has 0 aliphatic rings. The Balaban J connectivity index is 1.82. The summed E-state index contributed by atoms with van der Waals surface area (Å²) in [6.45, 7) is 0. The Hall–Kier alpha value is -2.67. The lowest BCUT2D eigenvalue weighted by atomic mass is 9.98. The average molecular weight is 458 g/mol. The average Bonchev–Trinajstić information content (AvgIpc) is 2.74. The predicted molar refractivity (Wildman–Crippen MR) is 122 cm³/mol. The lowest BCUT2D eigenvalue weighted by Crippen LogP contribution is -2.30. The summed E-state index contributed by atoms with van der Waals surface area (Å²) in [5, 5.41) is 9.26. The molecule has 0 aromatic heterocycles. The third-order valence-electron chi connectivity index (χ3n) is 4.94. The molecule has 0 bridgehead atoms. The number of nitrogens with one attached hydrogen (secondary N) is 1.